The topological polar surface area (TPSA) is 134 Å². The van der Waals surface area contributed by atoms with Crippen LogP contribution in [-0.2, 0) is 6.42 Å². The van der Waals surface area contributed by atoms with Gasteiger partial charge in [-0.3, -0.25) is 19.3 Å². The number of nitrogens with zero attached hydrogens (tertiary/aromatic N) is 3. The fraction of sp³-hybridized carbons (Fsp3) is 0.200. The van der Waals surface area contributed by atoms with Gasteiger partial charge in [-0.25, -0.2) is 13.8 Å². The number of pyridine rings is 2. The second kappa shape index (κ2) is 12.2. The number of benzene rings is 2. The van der Waals surface area contributed by atoms with Gasteiger partial charge in [0, 0.05) is 41.9 Å². The second-order valence-corrected chi connectivity index (χ2v) is 9.70. The van der Waals surface area contributed by atoms with Crippen molar-refractivity contribution in [2.45, 2.75) is 32.7 Å². The molecule has 3 aromatic heterocycles. The highest BCUT2D eigenvalue weighted by molar-refractivity contribution is 6.04. The number of carbonyl (C=O) groups excluding carboxylic acids is 1. The molecule has 0 aliphatic rings. The van der Waals surface area contributed by atoms with Crippen molar-refractivity contribution in [1.29, 1.82) is 0 Å². The Balaban J connectivity index is 1.40. The van der Waals surface area contributed by atoms with Crippen LogP contribution in [0.5, 0.6) is 11.5 Å². The molecule has 0 aliphatic heterocycles. The van der Waals surface area contributed by atoms with E-state index in [1.165, 1.54) is 53.2 Å². The molecule has 1 amide bonds. The molecule has 5 aromatic rings. The van der Waals surface area contributed by atoms with Gasteiger partial charge in [0.25, 0.3) is 11.5 Å². The minimum atomic E-state index is -0.761. The van der Waals surface area contributed by atoms with Crippen molar-refractivity contribution in [3.8, 4) is 17.2 Å². The van der Waals surface area contributed by atoms with Gasteiger partial charge in [0.05, 0.1) is 6.61 Å². The molecule has 42 heavy (non-hydrogen) atoms. The number of H-pyrrole nitrogens is 1. The Bertz CT molecular complexity index is 1800. The first-order valence-corrected chi connectivity index (χ1v) is 13.3. The Kier molecular flexibility index (Phi) is 8.25. The second-order valence-electron chi connectivity index (χ2n) is 9.70. The molecule has 12 heteroatoms. The number of fused-ring (bicyclic) bond motifs is 1. The molecule has 0 radical (unpaired) electrons. The average molecular weight is 575 g/mol. The van der Waals surface area contributed by atoms with E-state index in [0.29, 0.717) is 29.0 Å². The summed E-state index contributed by atoms with van der Waals surface area (Å²) in [5, 5.41) is 22.4. The van der Waals surface area contributed by atoms with Crippen LogP contribution in [0.2, 0.25) is 0 Å². The Morgan fingerprint density at radius 3 is 2.62 bits per heavy atom. The Hall–Kier alpha value is -5.10. The predicted octanol–water partition coefficient (Wildman–Crippen LogP) is 5.18. The van der Waals surface area contributed by atoms with Crippen molar-refractivity contribution >= 4 is 28.4 Å². The van der Waals surface area contributed by atoms with Crippen molar-refractivity contribution < 1.29 is 23.4 Å². The quantitative estimate of drug-likeness (QED) is 0.181. The lowest BCUT2D eigenvalue weighted by Gasteiger charge is -2.13. The zero-order valence-corrected chi connectivity index (χ0v) is 22.8. The number of carbonyl (C=O) groups is 1. The van der Waals surface area contributed by atoms with Crippen LogP contribution in [0.1, 0.15) is 36.2 Å². The first-order valence-electron chi connectivity index (χ1n) is 13.3. The summed E-state index contributed by atoms with van der Waals surface area (Å²) in [5.41, 5.74) is 0.935. The van der Waals surface area contributed by atoms with E-state index < -0.39 is 23.1 Å². The highest BCUT2D eigenvalue weighted by Gasteiger charge is 2.19. The first kappa shape index (κ1) is 28.4. The van der Waals surface area contributed by atoms with Gasteiger partial charge < -0.3 is 20.5 Å². The number of aromatic nitrogens is 4. The number of amides is 1. The van der Waals surface area contributed by atoms with Crippen molar-refractivity contribution in [3.63, 3.8) is 0 Å². The van der Waals surface area contributed by atoms with Gasteiger partial charge in [-0.05, 0) is 61.4 Å². The number of aryl methyl sites for hydroxylation is 1. The van der Waals surface area contributed by atoms with Crippen LogP contribution in [0.25, 0.3) is 16.7 Å². The molecule has 0 fully saturated rings. The third kappa shape index (κ3) is 5.98. The molecular weight excluding hydrogens is 546 g/mol. The SMILES string of the molecule is CCCc1cc(C(=O)Nc2ccc(Oc3ccnc4[nH]nc(N[C@H](C)CO)c34)c(F)c2)c(=O)n(-c2ccc(F)cc2)c1. The number of nitrogens with one attached hydrogen (secondary N) is 3. The van der Waals surface area contributed by atoms with Gasteiger partial charge in [-0.15, -0.1) is 0 Å². The molecule has 1 atom stereocenters. The number of anilines is 2. The maximum Gasteiger partial charge on any atom is 0.267 e. The minimum Gasteiger partial charge on any atom is -0.453 e. The molecule has 0 saturated carbocycles. The van der Waals surface area contributed by atoms with Crippen LogP contribution in [0, 0.1) is 11.6 Å². The van der Waals surface area contributed by atoms with Gasteiger partial charge in [0.2, 0.25) is 0 Å². The fourth-order valence-electron chi connectivity index (χ4n) is 4.39. The Labute approximate surface area is 239 Å². The van der Waals surface area contributed by atoms with E-state index in [-0.39, 0.29) is 35.4 Å². The van der Waals surface area contributed by atoms with E-state index in [1.54, 1.807) is 19.2 Å². The lowest BCUT2D eigenvalue weighted by atomic mass is 10.1. The number of ether oxygens (including phenoxy) is 1. The van der Waals surface area contributed by atoms with E-state index in [0.717, 1.165) is 18.1 Å². The van der Waals surface area contributed by atoms with Crippen LogP contribution in [0.15, 0.2) is 71.8 Å². The van der Waals surface area contributed by atoms with Crippen LogP contribution in [0.4, 0.5) is 20.3 Å². The van der Waals surface area contributed by atoms with Crippen LogP contribution in [-0.4, -0.2) is 43.4 Å². The van der Waals surface area contributed by atoms with Gasteiger partial charge in [0.15, 0.2) is 23.0 Å². The number of hydrogen-bond donors (Lipinski definition) is 4. The average Bonchev–Trinajstić information content (AvgIpc) is 3.39. The third-order valence-electron chi connectivity index (χ3n) is 6.45. The number of aliphatic hydroxyl groups is 1. The van der Waals surface area contributed by atoms with Gasteiger partial charge >= 0.3 is 0 Å². The fourth-order valence-corrected chi connectivity index (χ4v) is 4.39. The molecule has 0 aliphatic carbocycles. The molecule has 216 valence electrons. The summed E-state index contributed by atoms with van der Waals surface area (Å²) in [6.45, 7) is 3.60. The number of rotatable bonds is 10. The maximum absolute atomic E-state index is 15.2. The van der Waals surface area contributed by atoms with Crippen LogP contribution >= 0.6 is 0 Å². The first-order chi connectivity index (χ1) is 20.3. The summed E-state index contributed by atoms with van der Waals surface area (Å²) in [7, 11) is 0. The van der Waals surface area contributed by atoms with Gasteiger partial charge in [0.1, 0.15) is 22.5 Å². The zero-order chi connectivity index (χ0) is 29.8. The standard InChI is InChI=1S/C30H28F2N6O4/c1-3-4-18-13-22(30(41)38(15-18)21-8-5-19(31)6-9-21)29(40)35-20-7-10-24(23(32)14-20)42-25-11-12-33-27-26(25)28(37-36-27)34-17(2)16-39/h5-15,17,39H,3-4,16H2,1-2H3,(H,35,40)(H2,33,34,36,37)/t17-/m1/s1. The highest BCUT2D eigenvalue weighted by Crippen LogP contribution is 2.34. The zero-order valence-electron chi connectivity index (χ0n) is 22.8. The van der Waals surface area contributed by atoms with Crippen molar-refractivity contribution in [2.75, 3.05) is 17.2 Å². The van der Waals surface area contributed by atoms with Crippen LogP contribution < -0.4 is 20.9 Å². The number of aromatic amines is 1. The number of halogens is 2. The lowest BCUT2D eigenvalue weighted by molar-refractivity contribution is 0.102. The molecule has 2 aromatic carbocycles. The summed E-state index contributed by atoms with van der Waals surface area (Å²) in [4.78, 5) is 30.7. The van der Waals surface area contributed by atoms with Crippen molar-refractivity contribution in [3.05, 3.63) is 100 Å². The summed E-state index contributed by atoms with van der Waals surface area (Å²) in [6, 6.07) is 12.0. The van der Waals surface area contributed by atoms with E-state index in [9.17, 15) is 19.1 Å². The van der Waals surface area contributed by atoms with E-state index >= 15 is 4.39 Å². The van der Waals surface area contributed by atoms with Crippen LogP contribution in [0.3, 0.4) is 0 Å². The normalized spacial score (nSPS) is 11.8. The summed E-state index contributed by atoms with van der Waals surface area (Å²) >= 11 is 0. The Morgan fingerprint density at radius 2 is 1.90 bits per heavy atom. The summed E-state index contributed by atoms with van der Waals surface area (Å²) < 4.78 is 35.8. The molecule has 0 unspecified atom stereocenters. The molecular formula is C30H28F2N6O4. The lowest BCUT2D eigenvalue weighted by Crippen LogP contribution is -2.28. The van der Waals surface area contributed by atoms with Crippen molar-refractivity contribution in [1.82, 2.24) is 19.7 Å². The molecule has 5 rings (SSSR count). The smallest absolute Gasteiger partial charge is 0.267 e. The molecule has 0 saturated heterocycles. The number of hydrogen-bond acceptors (Lipinski definition) is 7. The summed E-state index contributed by atoms with van der Waals surface area (Å²) in [6.07, 6.45) is 4.49. The number of aliphatic hydroxyl groups excluding tert-OH is 1. The largest absolute Gasteiger partial charge is 0.453 e. The van der Waals surface area contributed by atoms with E-state index in [1.807, 2.05) is 6.92 Å². The van der Waals surface area contributed by atoms with E-state index in [2.05, 4.69) is 25.8 Å². The molecule has 10 nitrogen and oxygen atoms in total. The highest BCUT2D eigenvalue weighted by atomic mass is 19.1. The van der Waals surface area contributed by atoms with Crippen molar-refractivity contribution in [2.24, 2.45) is 0 Å². The van der Waals surface area contributed by atoms with Gasteiger partial charge in [-0.1, -0.05) is 13.3 Å². The predicted molar refractivity (Wildman–Crippen MR) is 154 cm³/mol. The maximum atomic E-state index is 15.2. The van der Waals surface area contributed by atoms with E-state index in [4.69, 9.17) is 4.74 Å². The molecule has 0 spiro atoms. The molecule has 0 bridgehead atoms. The Morgan fingerprint density at radius 1 is 1.12 bits per heavy atom. The molecule has 3 heterocycles. The monoisotopic (exact) mass is 574 g/mol. The third-order valence-corrected chi connectivity index (χ3v) is 6.45. The van der Waals surface area contributed by atoms with Gasteiger partial charge in [-0.2, -0.15) is 5.10 Å². The summed E-state index contributed by atoms with van der Waals surface area (Å²) in [5.74, 6) is -1.39. The minimum absolute atomic E-state index is 0.112. The molecule has 4 N–H and O–H groups in total.